The summed E-state index contributed by atoms with van der Waals surface area (Å²) in [4.78, 5) is 51.7. The number of nitrogens with two attached hydrogens (primary N) is 1. The number of carboxylic acid groups (broad SMARTS) is 1. The lowest BCUT2D eigenvalue weighted by atomic mass is 10.0. The second-order valence-electron chi connectivity index (χ2n) is 5.33. The van der Waals surface area contributed by atoms with E-state index in [0.29, 0.717) is 11.3 Å². The van der Waals surface area contributed by atoms with Crippen LogP contribution in [-0.2, 0) is 14.4 Å². The van der Waals surface area contributed by atoms with Gasteiger partial charge in [-0.25, -0.2) is 9.78 Å². The minimum absolute atomic E-state index is 0.0711. The van der Waals surface area contributed by atoms with E-state index < -0.39 is 35.2 Å². The summed E-state index contributed by atoms with van der Waals surface area (Å²) in [5.41, 5.74) is 5.92. The first-order valence-corrected chi connectivity index (χ1v) is 8.77. The summed E-state index contributed by atoms with van der Waals surface area (Å²) in [6, 6.07) is -2.47. The largest absolute Gasteiger partial charge is 0.477 e. The van der Waals surface area contributed by atoms with Crippen molar-refractivity contribution in [2.24, 2.45) is 5.18 Å². The number of nitroso groups, excluding NO2 is 1. The molecule has 1 unspecified atom stereocenters. The highest BCUT2D eigenvalue weighted by molar-refractivity contribution is 8.00. The van der Waals surface area contributed by atoms with Crippen molar-refractivity contribution in [3.05, 3.63) is 22.0 Å². The van der Waals surface area contributed by atoms with Gasteiger partial charge in [0.25, 0.3) is 11.8 Å². The van der Waals surface area contributed by atoms with E-state index in [-0.39, 0.29) is 16.7 Å². The number of fused-ring (bicyclic) bond motifs is 1. The van der Waals surface area contributed by atoms with Gasteiger partial charge in [-0.15, -0.1) is 16.7 Å². The van der Waals surface area contributed by atoms with Gasteiger partial charge < -0.3 is 16.2 Å². The molecule has 3 atom stereocenters. The molecule has 13 heteroatoms. The second-order valence-corrected chi connectivity index (χ2v) is 7.22. The van der Waals surface area contributed by atoms with Crippen LogP contribution in [0.15, 0.2) is 16.4 Å². The maximum absolute atomic E-state index is 12.3. The predicted octanol–water partition coefficient (Wildman–Crippen LogP) is -0.314. The molecule has 1 fully saturated rings. The van der Waals surface area contributed by atoms with Gasteiger partial charge in [0.15, 0.2) is 11.0 Å². The van der Waals surface area contributed by atoms with Gasteiger partial charge >= 0.3 is 5.97 Å². The van der Waals surface area contributed by atoms with Crippen LogP contribution in [-0.4, -0.2) is 54.3 Å². The van der Waals surface area contributed by atoms with E-state index in [1.54, 1.807) is 6.92 Å². The normalized spacial score (nSPS) is 23.6. The highest BCUT2D eigenvalue weighted by Crippen LogP contribution is 2.40. The number of amides is 2. The molecule has 0 spiro atoms. The zero-order valence-corrected chi connectivity index (χ0v) is 14.3. The number of rotatable bonds is 5. The molecule has 3 rings (SSSR count). The number of carbonyl (C=O) groups is 3. The van der Waals surface area contributed by atoms with Crippen molar-refractivity contribution in [1.82, 2.24) is 19.6 Å². The van der Waals surface area contributed by atoms with E-state index in [4.69, 9.17) is 5.73 Å². The van der Waals surface area contributed by atoms with Gasteiger partial charge in [-0.2, -0.15) is 4.37 Å². The number of nitrogens with zero attached hydrogens (tertiary/aromatic N) is 4. The topological polar surface area (TPSA) is 168 Å². The maximum atomic E-state index is 12.3. The Morgan fingerprint density at radius 3 is 2.80 bits per heavy atom. The number of hydrogen-bond acceptors (Lipinski definition) is 10. The zero-order chi connectivity index (χ0) is 18.3. The van der Waals surface area contributed by atoms with E-state index in [1.165, 1.54) is 11.8 Å². The summed E-state index contributed by atoms with van der Waals surface area (Å²) in [6.45, 7) is 1.64. The molecule has 3 heterocycles. The van der Waals surface area contributed by atoms with Gasteiger partial charge in [0.1, 0.15) is 17.1 Å². The first kappa shape index (κ1) is 17.3. The van der Waals surface area contributed by atoms with Crippen LogP contribution in [0.25, 0.3) is 0 Å². The monoisotopic (exact) mass is 384 g/mol. The Hall–Kier alpha value is -2.54. The molecule has 11 nitrogen and oxygen atoms in total. The summed E-state index contributed by atoms with van der Waals surface area (Å²) in [5.74, 6) is -2.32. The van der Waals surface area contributed by atoms with Crippen LogP contribution in [0.4, 0.5) is 5.13 Å². The van der Waals surface area contributed by atoms with Crippen molar-refractivity contribution in [3.63, 3.8) is 0 Å². The molecular weight excluding hydrogens is 372 g/mol. The van der Waals surface area contributed by atoms with Crippen molar-refractivity contribution in [3.8, 4) is 0 Å². The number of anilines is 1. The number of β-lactam (4-membered cyclic amide) rings is 1. The Kier molecular flexibility index (Phi) is 4.43. The van der Waals surface area contributed by atoms with Crippen LogP contribution < -0.4 is 11.1 Å². The van der Waals surface area contributed by atoms with E-state index in [0.717, 1.165) is 16.4 Å². The van der Waals surface area contributed by atoms with Crippen LogP contribution in [0.1, 0.15) is 18.8 Å². The Morgan fingerprint density at radius 2 is 2.24 bits per heavy atom. The van der Waals surface area contributed by atoms with Gasteiger partial charge in [-0.1, -0.05) is 0 Å². The smallest absolute Gasteiger partial charge is 0.352 e. The summed E-state index contributed by atoms with van der Waals surface area (Å²) in [5, 5.41) is 13.9. The molecule has 0 radical (unpaired) electrons. The molecule has 1 aromatic heterocycles. The fourth-order valence-corrected chi connectivity index (χ4v) is 4.33. The van der Waals surface area contributed by atoms with Gasteiger partial charge in [0.05, 0.1) is 0 Å². The number of nitrogen functional groups attached to an aromatic ring is 1. The summed E-state index contributed by atoms with van der Waals surface area (Å²) in [6.07, 6.45) is 0. The Morgan fingerprint density at radius 1 is 1.52 bits per heavy atom. The number of thioether (sulfide) groups is 1. The number of aromatic nitrogens is 2. The second kappa shape index (κ2) is 6.40. The molecule has 2 amide bonds. The number of carbonyl (C=O) groups excluding carboxylic acids is 2. The minimum Gasteiger partial charge on any atom is -0.477 e. The number of carboxylic acids is 1. The highest BCUT2D eigenvalue weighted by Gasteiger charge is 2.54. The van der Waals surface area contributed by atoms with Gasteiger partial charge in [0.2, 0.25) is 6.04 Å². The SMILES string of the molecule is CC1=C(C(=O)O)N2C(=O)[C@@H](NC(=O)C(N=O)c3nsc(N)n3)[C@H]2SC1. The van der Waals surface area contributed by atoms with Crippen LogP contribution in [0, 0.1) is 4.91 Å². The van der Waals surface area contributed by atoms with Crippen LogP contribution in [0.3, 0.4) is 0 Å². The van der Waals surface area contributed by atoms with Crippen LogP contribution >= 0.6 is 23.3 Å². The average molecular weight is 384 g/mol. The summed E-state index contributed by atoms with van der Waals surface area (Å²) < 4.78 is 3.77. The Labute approximate surface area is 148 Å². The van der Waals surface area contributed by atoms with Crippen LogP contribution in [0.2, 0.25) is 0 Å². The molecule has 1 aromatic rings. The molecule has 0 saturated carbocycles. The third-order valence-corrected chi connectivity index (χ3v) is 5.70. The van der Waals surface area contributed by atoms with E-state index in [9.17, 15) is 24.4 Å². The average Bonchev–Trinajstić information content (AvgIpc) is 2.98. The van der Waals surface area contributed by atoms with Gasteiger partial charge in [-0.05, 0) is 17.7 Å². The summed E-state index contributed by atoms with van der Waals surface area (Å²) in [7, 11) is 0. The number of aliphatic carboxylic acids is 1. The number of hydrogen-bond donors (Lipinski definition) is 3. The standard InChI is InChI=1S/C12H12N6O5S2/c1-3-2-24-10-5(9(20)18(10)6(3)11(21)22)14-8(19)4(16-23)7-15-12(13)25-17-7/h4-5,10H,2H2,1H3,(H,14,19)(H,21,22)(H2,13,15,17)/t4?,5-,10-/m1/s1. The first-order chi connectivity index (χ1) is 11.8. The summed E-state index contributed by atoms with van der Waals surface area (Å²) >= 11 is 2.14. The minimum atomic E-state index is -1.53. The lowest BCUT2D eigenvalue weighted by molar-refractivity contribution is -0.150. The first-order valence-electron chi connectivity index (χ1n) is 6.94. The molecular formula is C12H12N6O5S2. The molecule has 1 saturated heterocycles. The van der Waals surface area contributed by atoms with E-state index >= 15 is 0 Å². The van der Waals surface area contributed by atoms with Gasteiger partial charge in [-0.3, -0.25) is 14.5 Å². The van der Waals surface area contributed by atoms with E-state index in [2.05, 4.69) is 19.9 Å². The predicted molar refractivity (Wildman–Crippen MR) is 88.2 cm³/mol. The third kappa shape index (κ3) is 2.84. The molecule has 132 valence electrons. The molecule has 2 aliphatic heterocycles. The molecule has 0 bridgehead atoms. The highest BCUT2D eigenvalue weighted by atomic mass is 32.2. The molecule has 4 N–H and O–H groups in total. The van der Waals surface area contributed by atoms with E-state index in [1.807, 2.05) is 0 Å². The lowest BCUT2D eigenvalue weighted by Gasteiger charge is -2.49. The van der Waals surface area contributed by atoms with Crippen molar-refractivity contribution < 1.29 is 19.5 Å². The van der Waals surface area contributed by atoms with Crippen LogP contribution in [0.5, 0.6) is 0 Å². The molecule has 0 aromatic carbocycles. The lowest BCUT2D eigenvalue weighted by Crippen LogP contribution is -2.70. The molecule has 25 heavy (non-hydrogen) atoms. The Bertz CT molecular complexity index is 808. The van der Waals surface area contributed by atoms with Crippen molar-refractivity contribution in [2.75, 3.05) is 11.5 Å². The molecule has 0 aliphatic carbocycles. The van der Waals surface area contributed by atoms with Crippen molar-refractivity contribution >= 4 is 46.2 Å². The quantitative estimate of drug-likeness (QED) is 0.455. The molecule has 2 aliphatic rings. The zero-order valence-electron chi connectivity index (χ0n) is 12.7. The Balaban J connectivity index is 1.75. The fourth-order valence-electron chi connectivity index (χ4n) is 2.58. The van der Waals surface area contributed by atoms with Crippen molar-refractivity contribution in [2.45, 2.75) is 24.4 Å². The third-order valence-electron chi connectivity index (χ3n) is 3.71. The van der Waals surface area contributed by atoms with Gasteiger partial charge in [0, 0.05) is 17.3 Å². The number of nitrogens with one attached hydrogen (secondary N) is 1. The fraction of sp³-hybridized carbons (Fsp3) is 0.417. The van der Waals surface area contributed by atoms with Crippen molar-refractivity contribution in [1.29, 1.82) is 0 Å². The maximum Gasteiger partial charge on any atom is 0.352 e.